The number of nitrogens with one attached hydrogen (secondary N) is 1. The summed E-state index contributed by atoms with van der Waals surface area (Å²) in [6.45, 7) is 17.3. The number of likely N-dealkylation sites (N-methyl/N-ethyl adjacent to an activating group) is 1. The fourth-order valence-corrected chi connectivity index (χ4v) is 5.23. The van der Waals surface area contributed by atoms with Crippen LogP contribution in [-0.2, 0) is 10.2 Å². The zero-order valence-corrected chi connectivity index (χ0v) is 21.6. The van der Waals surface area contributed by atoms with Gasteiger partial charge in [-0.15, -0.1) is 11.3 Å². The van der Waals surface area contributed by atoms with Crippen LogP contribution in [0.1, 0.15) is 72.2 Å². The average Bonchev–Trinajstić information content (AvgIpc) is 3.23. The van der Waals surface area contributed by atoms with E-state index in [1.807, 2.05) is 31.2 Å². The topological polar surface area (TPSA) is 77.8 Å². The molecule has 6 nitrogen and oxygen atoms in total. The van der Waals surface area contributed by atoms with Crippen LogP contribution in [0.25, 0.3) is 0 Å². The molecule has 33 heavy (non-hydrogen) atoms. The second-order valence-electron chi connectivity index (χ2n) is 9.70. The lowest BCUT2D eigenvalue weighted by molar-refractivity contribution is -0.895. The second kappa shape index (κ2) is 9.77. The minimum Gasteiger partial charge on any atom is -0.868 e. The summed E-state index contributed by atoms with van der Waals surface area (Å²) in [5.41, 5.74) is 2.57. The number of thiazole rings is 1. The van der Waals surface area contributed by atoms with Crippen LogP contribution >= 0.6 is 11.3 Å². The fraction of sp³-hybridized carbons (Fsp3) is 0.500. The van der Waals surface area contributed by atoms with Gasteiger partial charge in [-0.3, -0.25) is 9.59 Å². The molecule has 0 radical (unpaired) electrons. The molecule has 0 saturated heterocycles. The largest absolute Gasteiger partial charge is 0.868 e. The van der Waals surface area contributed by atoms with Gasteiger partial charge in [-0.1, -0.05) is 45.0 Å². The maximum Gasteiger partial charge on any atom is 0.240 e. The number of hydrogen-bond donors (Lipinski definition) is 1. The average molecular weight is 470 g/mol. The highest BCUT2D eigenvalue weighted by molar-refractivity contribution is 7.14. The van der Waals surface area contributed by atoms with Crippen molar-refractivity contribution < 1.29 is 19.6 Å². The van der Waals surface area contributed by atoms with Crippen LogP contribution in [0.5, 0.6) is 0 Å². The number of carbonyl (C=O) groups is 2. The van der Waals surface area contributed by atoms with E-state index < -0.39 is 17.7 Å². The zero-order chi connectivity index (χ0) is 24.5. The molecule has 1 aliphatic rings. The number of nitrogens with zero attached hydrogens (tertiary/aromatic N) is 2. The van der Waals surface area contributed by atoms with Crippen molar-refractivity contribution in [2.24, 2.45) is 0 Å². The van der Waals surface area contributed by atoms with Gasteiger partial charge in [0.2, 0.25) is 11.7 Å². The summed E-state index contributed by atoms with van der Waals surface area (Å²) >= 11 is 1.27. The summed E-state index contributed by atoms with van der Waals surface area (Å²) in [5.74, 6) is -1.65. The Morgan fingerprint density at radius 2 is 1.76 bits per heavy atom. The van der Waals surface area contributed by atoms with Crippen LogP contribution in [0.2, 0.25) is 0 Å². The summed E-state index contributed by atoms with van der Waals surface area (Å²) in [6, 6.07) is 7.28. The van der Waals surface area contributed by atoms with Gasteiger partial charge in [-0.05, 0) is 50.0 Å². The molecule has 3 rings (SSSR count). The predicted molar refractivity (Wildman–Crippen MR) is 129 cm³/mol. The van der Waals surface area contributed by atoms with Crippen LogP contribution in [0, 0.1) is 13.8 Å². The molecule has 1 aliphatic heterocycles. The SMILES string of the molecule is CC[NH+](CC)CCN1C(=O)C([O-])=C(C(=O)c2sc(C)nc2C)C1c1ccc(C(C)(C)C)cc1. The number of amides is 1. The van der Waals surface area contributed by atoms with Crippen molar-refractivity contribution in [1.29, 1.82) is 0 Å². The maximum atomic E-state index is 13.6. The lowest BCUT2D eigenvalue weighted by Gasteiger charge is -2.29. The van der Waals surface area contributed by atoms with Gasteiger partial charge < -0.3 is 14.9 Å². The van der Waals surface area contributed by atoms with E-state index in [1.54, 1.807) is 11.8 Å². The van der Waals surface area contributed by atoms with Crippen LogP contribution in [0.15, 0.2) is 35.6 Å². The van der Waals surface area contributed by atoms with E-state index >= 15 is 0 Å². The minimum atomic E-state index is -0.690. The summed E-state index contributed by atoms with van der Waals surface area (Å²) in [5, 5.41) is 13.9. The minimum absolute atomic E-state index is 0.0225. The molecule has 1 N–H and O–H groups in total. The van der Waals surface area contributed by atoms with Crippen molar-refractivity contribution in [3.8, 4) is 0 Å². The molecule has 0 bridgehead atoms. The van der Waals surface area contributed by atoms with Gasteiger partial charge in [0.15, 0.2) is 0 Å². The highest BCUT2D eigenvalue weighted by Gasteiger charge is 2.40. The third kappa shape index (κ3) is 5.04. The Labute approximate surface area is 200 Å². The Balaban J connectivity index is 2.06. The number of carbonyl (C=O) groups excluding carboxylic acids is 2. The highest BCUT2D eigenvalue weighted by Crippen LogP contribution is 2.39. The number of hydrogen-bond acceptors (Lipinski definition) is 5. The summed E-state index contributed by atoms with van der Waals surface area (Å²) < 4.78 is 0. The molecule has 1 aromatic carbocycles. The number of rotatable bonds is 8. The van der Waals surface area contributed by atoms with E-state index in [4.69, 9.17) is 0 Å². The van der Waals surface area contributed by atoms with E-state index in [1.165, 1.54) is 16.2 Å². The monoisotopic (exact) mass is 469 g/mol. The van der Waals surface area contributed by atoms with Crippen LogP contribution in [0.4, 0.5) is 0 Å². The highest BCUT2D eigenvalue weighted by atomic mass is 32.1. The first kappa shape index (κ1) is 25.1. The van der Waals surface area contributed by atoms with Crippen molar-refractivity contribution in [1.82, 2.24) is 9.88 Å². The normalized spacial score (nSPS) is 16.9. The number of Topliss-reactive ketones (excluding diaryl/α,β-unsaturated/α-hetero) is 1. The van der Waals surface area contributed by atoms with Crippen LogP contribution < -0.4 is 10.0 Å². The molecule has 7 heteroatoms. The van der Waals surface area contributed by atoms with Gasteiger partial charge >= 0.3 is 0 Å². The first-order chi connectivity index (χ1) is 15.5. The Morgan fingerprint density at radius 3 is 2.24 bits per heavy atom. The number of aryl methyl sites for hydroxylation is 2. The fourth-order valence-electron chi connectivity index (χ4n) is 4.36. The zero-order valence-electron chi connectivity index (χ0n) is 20.7. The number of quaternary nitrogens is 1. The first-order valence-electron chi connectivity index (χ1n) is 11.6. The van der Waals surface area contributed by atoms with Crippen LogP contribution in [0.3, 0.4) is 0 Å². The number of benzene rings is 1. The molecular weight excluding hydrogens is 434 g/mol. The van der Waals surface area contributed by atoms with E-state index in [9.17, 15) is 14.7 Å². The Bertz CT molecular complexity index is 1060. The van der Waals surface area contributed by atoms with Gasteiger partial charge in [0.25, 0.3) is 0 Å². The molecule has 0 fully saturated rings. The van der Waals surface area contributed by atoms with Crippen molar-refractivity contribution in [3.05, 3.63) is 62.3 Å². The maximum absolute atomic E-state index is 13.6. The van der Waals surface area contributed by atoms with Gasteiger partial charge in [0, 0.05) is 5.57 Å². The van der Waals surface area contributed by atoms with E-state index in [-0.39, 0.29) is 16.8 Å². The predicted octanol–water partition coefficient (Wildman–Crippen LogP) is 2.36. The van der Waals surface area contributed by atoms with Crippen molar-refractivity contribution >= 4 is 23.0 Å². The molecule has 0 aliphatic carbocycles. The standard InChI is InChI=1S/C26H35N3O3S/c1-8-28(9-2)14-15-29-21(18-10-12-19(13-11-18)26(5,6)7)20(23(31)25(29)32)22(30)24-16(3)27-17(4)33-24/h10-13,21,31H,8-9,14-15H2,1-7H3. The van der Waals surface area contributed by atoms with E-state index in [0.717, 1.165) is 35.8 Å². The Hall–Kier alpha value is -2.51. The molecule has 1 atom stereocenters. The summed E-state index contributed by atoms with van der Waals surface area (Å²) in [4.78, 5) is 34.4. The molecule has 0 saturated carbocycles. The summed E-state index contributed by atoms with van der Waals surface area (Å²) in [7, 11) is 0. The van der Waals surface area contributed by atoms with Crippen molar-refractivity contribution in [2.75, 3.05) is 26.2 Å². The molecule has 1 unspecified atom stereocenters. The molecule has 178 valence electrons. The Morgan fingerprint density at radius 1 is 1.15 bits per heavy atom. The summed E-state index contributed by atoms with van der Waals surface area (Å²) in [6.07, 6.45) is 0. The Kier molecular flexibility index (Phi) is 7.44. The van der Waals surface area contributed by atoms with Gasteiger partial charge in [-0.25, -0.2) is 4.98 Å². The lowest BCUT2D eigenvalue weighted by Crippen LogP contribution is -3.12. The van der Waals surface area contributed by atoms with Gasteiger partial charge in [0.05, 0.1) is 47.8 Å². The molecular formula is C26H35N3O3S. The quantitative estimate of drug-likeness (QED) is 0.602. The van der Waals surface area contributed by atoms with Crippen molar-refractivity contribution in [3.63, 3.8) is 0 Å². The van der Waals surface area contributed by atoms with Crippen LogP contribution in [-0.4, -0.2) is 47.8 Å². The van der Waals surface area contributed by atoms with Crippen molar-refractivity contribution in [2.45, 2.75) is 59.9 Å². The number of ketones is 1. The van der Waals surface area contributed by atoms with E-state index in [0.29, 0.717) is 17.1 Å². The third-order valence-corrected chi connectivity index (χ3v) is 7.51. The lowest BCUT2D eigenvalue weighted by atomic mass is 9.85. The first-order valence-corrected chi connectivity index (χ1v) is 12.5. The van der Waals surface area contributed by atoms with Gasteiger partial charge in [0.1, 0.15) is 0 Å². The molecule has 0 spiro atoms. The third-order valence-electron chi connectivity index (χ3n) is 6.44. The molecule has 2 aromatic rings. The molecule has 1 amide bonds. The van der Waals surface area contributed by atoms with E-state index in [2.05, 4.69) is 39.6 Å². The molecule has 2 heterocycles. The second-order valence-corrected chi connectivity index (χ2v) is 10.9. The smallest absolute Gasteiger partial charge is 0.240 e. The number of aromatic nitrogens is 1. The molecule has 1 aromatic heterocycles. The van der Waals surface area contributed by atoms with Gasteiger partial charge in [-0.2, -0.15) is 0 Å².